The monoisotopic (exact) mass is 436 g/mol. The van der Waals surface area contributed by atoms with Gasteiger partial charge in [0.1, 0.15) is 0 Å². The fourth-order valence-electron chi connectivity index (χ4n) is 5.89. The van der Waals surface area contributed by atoms with Gasteiger partial charge in [0.2, 0.25) is 5.91 Å². The molecule has 0 N–H and O–H groups in total. The summed E-state index contributed by atoms with van der Waals surface area (Å²) in [5.74, 6) is 2.50. The highest BCUT2D eigenvalue weighted by Crippen LogP contribution is 2.45. The molecule has 2 fully saturated rings. The number of hydrogen-bond donors (Lipinski definition) is 0. The molecule has 1 saturated carbocycles. The number of carbonyl (C=O) groups is 1. The third-order valence-corrected chi connectivity index (χ3v) is 7.56. The Bertz CT molecular complexity index is 1180. The van der Waals surface area contributed by atoms with Crippen molar-refractivity contribution in [2.75, 3.05) is 13.1 Å². The van der Waals surface area contributed by atoms with Crippen LogP contribution in [0.3, 0.4) is 0 Å². The Labute approximate surface area is 194 Å². The van der Waals surface area contributed by atoms with Crippen LogP contribution in [0.4, 0.5) is 0 Å². The molecule has 2 aromatic heterocycles. The SMILES string of the molecule is O=C([C@H]1C[C@@H]2C=C[C@H]1C2)N1CCCC(c2nc(-c3ccncc3)ncc2-c2ccccc2)C1. The number of carbonyl (C=O) groups excluding carboxylic acids is 1. The number of piperidine rings is 1. The van der Waals surface area contributed by atoms with E-state index in [-0.39, 0.29) is 11.8 Å². The average Bonchev–Trinajstić information content (AvgIpc) is 3.53. The third kappa shape index (κ3) is 3.86. The predicted octanol–water partition coefficient (Wildman–Crippen LogP) is 5.12. The number of pyridine rings is 1. The van der Waals surface area contributed by atoms with Crippen LogP contribution >= 0.6 is 0 Å². The maximum atomic E-state index is 13.5. The van der Waals surface area contributed by atoms with Crippen molar-refractivity contribution in [2.24, 2.45) is 17.8 Å². The second kappa shape index (κ2) is 8.54. The zero-order valence-corrected chi connectivity index (χ0v) is 18.7. The lowest BCUT2D eigenvalue weighted by molar-refractivity contribution is -0.137. The van der Waals surface area contributed by atoms with Crippen LogP contribution in [-0.4, -0.2) is 38.8 Å². The Balaban J connectivity index is 1.33. The highest BCUT2D eigenvalue weighted by Gasteiger charge is 2.42. The van der Waals surface area contributed by atoms with Crippen LogP contribution in [0, 0.1) is 17.8 Å². The molecule has 166 valence electrons. The van der Waals surface area contributed by atoms with E-state index in [9.17, 15) is 4.79 Å². The lowest BCUT2D eigenvalue weighted by atomic mass is 9.87. The molecule has 1 unspecified atom stereocenters. The molecule has 1 saturated heterocycles. The van der Waals surface area contributed by atoms with E-state index in [1.165, 1.54) is 0 Å². The summed E-state index contributed by atoms with van der Waals surface area (Å²) >= 11 is 0. The van der Waals surface area contributed by atoms with Crippen molar-refractivity contribution in [1.82, 2.24) is 19.9 Å². The summed E-state index contributed by atoms with van der Waals surface area (Å²) in [5, 5.41) is 0. The number of hydrogen-bond acceptors (Lipinski definition) is 4. The molecule has 1 aromatic carbocycles. The number of aromatic nitrogens is 3. The molecule has 0 spiro atoms. The van der Waals surface area contributed by atoms with Gasteiger partial charge in [-0.3, -0.25) is 9.78 Å². The smallest absolute Gasteiger partial charge is 0.226 e. The van der Waals surface area contributed by atoms with Gasteiger partial charge >= 0.3 is 0 Å². The van der Waals surface area contributed by atoms with Gasteiger partial charge in [-0.25, -0.2) is 9.97 Å². The lowest BCUT2D eigenvalue weighted by Gasteiger charge is -2.36. The number of rotatable bonds is 4. The summed E-state index contributed by atoms with van der Waals surface area (Å²) in [4.78, 5) is 29.5. The zero-order valence-electron chi connectivity index (χ0n) is 18.7. The molecule has 3 aromatic rings. The second-order valence-electron chi connectivity index (χ2n) is 9.60. The van der Waals surface area contributed by atoms with Crippen molar-refractivity contribution in [1.29, 1.82) is 0 Å². The molecule has 0 radical (unpaired) electrons. The van der Waals surface area contributed by atoms with E-state index in [1.54, 1.807) is 12.4 Å². The van der Waals surface area contributed by atoms with Crippen LogP contribution in [-0.2, 0) is 4.79 Å². The molecule has 1 aliphatic heterocycles. The van der Waals surface area contributed by atoms with Crippen molar-refractivity contribution in [3.05, 3.63) is 78.9 Å². The van der Waals surface area contributed by atoms with E-state index in [1.807, 2.05) is 24.4 Å². The number of nitrogens with zero attached hydrogens (tertiary/aromatic N) is 4. The molecule has 6 rings (SSSR count). The van der Waals surface area contributed by atoms with Crippen LogP contribution in [0.15, 0.2) is 73.2 Å². The van der Waals surface area contributed by atoms with Gasteiger partial charge in [0.25, 0.3) is 0 Å². The van der Waals surface area contributed by atoms with Crippen molar-refractivity contribution in [3.63, 3.8) is 0 Å². The van der Waals surface area contributed by atoms with Gasteiger partial charge < -0.3 is 4.90 Å². The van der Waals surface area contributed by atoms with Crippen molar-refractivity contribution in [2.45, 2.75) is 31.6 Å². The maximum Gasteiger partial charge on any atom is 0.226 e. The Kier molecular flexibility index (Phi) is 5.25. The summed E-state index contributed by atoms with van der Waals surface area (Å²) in [6.45, 7) is 1.60. The van der Waals surface area contributed by atoms with Crippen LogP contribution in [0.2, 0.25) is 0 Å². The van der Waals surface area contributed by atoms with Gasteiger partial charge in [0, 0.05) is 54.6 Å². The van der Waals surface area contributed by atoms with Crippen LogP contribution in [0.25, 0.3) is 22.5 Å². The molecule has 3 heterocycles. The summed E-state index contributed by atoms with van der Waals surface area (Å²) in [5.41, 5.74) is 4.20. The predicted molar refractivity (Wildman–Crippen MR) is 128 cm³/mol. The fourth-order valence-corrected chi connectivity index (χ4v) is 5.89. The van der Waals surface area contributed by atoms with Gasteiger partial charge in [0.15, 0.2) is 5.82 Å². The molecule has 4 atom stereocenters. The fraction of sp³-hybridized carbons (Fsp3) is 0.357. The summed E-state index contributed by atoms with van der Waals surface area (Å²) in [6, 6.07) is 14.2. The van der Waals surface area contributed by atoms with Crippen LogP contribution < -0.4 is 0 Å². The molecule has 1 amide bonds. The highest BCUT2D eigenvalue weighted by molar-refractivity contribution is 5.80. The first-order valence-corrected chi connectivity index (χ1v) is 12.1. The van der Waals surface area contributed by atoms with Crippen molar-refractivity contribution < 1.29 is 4.79 Å². The molecule has 2 aliphatic carbocycles. The number of allylic oxidation sites excluding steroid dienone is 2. The third-order valence-electron chi connectivity index (χ3n) is 7.56. The first-order chi connectivity index (χ1) is 16.3. The van der Waals surface area contributed by atoms with Gasteiger partial charge in [-0.1, -0.05) is 42.5 Å². The molecular weight excluding hydrogens is 408 g/mol. The Morgan fingerprint density at radius 1 is 0.970 bits per heavy atom. The Morgan fingerprint density at radius 3 is 2.58 bits per heavy atom. The summed E-state index contributed by atoms with van der Waals surface area (Å²) in [7, 11) is 0. The van der Waals surface area contributed by atoms with Crippen LogP contribution in [0.5, 0.6) is 0 Å². The lowest BCUT2D eigenvalue weighted by Crippen LogP contribution is -2.43. The number of amides is 1. The van der Waals surface area contributed by atoms with E-state index in [0.717, 1.165) is 61.2 Å². The normalized spacial score (nSPS) is 26.0. The number of fused-ring (bicyclic) bond motifs is 2. The van der Waals surface area contributed by atoms with Gasteiger partial charge in [0.05, 0.1) is 5.69 Å². The first-order valence-electron chi connectivity index (χ1n) is 12.1. The number of likely N-dealkylation sites (tertiary alicyclic amines) is 1. The topological polar surface area (TPSA) is 59.0 Å². The second-order valence-corrected chi connectivity index (χ2v) is 9.60. The summed E-state index contributed by atoms with van der Waals surface area (Å²) in [6.07, 6.45) is 14.3. The first kappa shape index (κ1) is 20.3. The van der Waals surface area contributed by atoms with Crippen molar-refractivity contribution in [3.8, 4) is 22.5 Å². The van der Waals surface area contributed by atoms with Gasteiger partial charge in [-0.2, -0.15) is 0 Å². The van der Waals surface area contributed by atoms with E-state index in [2.05, 4.69) is 46.3 Å². The minimum atomic E-state index is 0.171. The molecule has 5 nitrogen and oxygen atoms in total. The standard InChI is InChI=1S/C28H28N4O/c33-28(24-16-19-8-9-22(24)15-19)32-14-4-7-23(18-32)26-25(20-5-2-1-3-6-20)17-30-27(31-26)21-10-12-29-13-11-21/h1-3,5-6,8-13,17,19,22-24H,4,7,14-16,18H2/t19-,22+,23?,24+/m1/s1. The van der Waals surface area contributed by atoms with E-state index < -0.39 is 0 Å². The number of benzene rings is 1. The maximum absolute atomic E-state index is 13.5. The van der Waals surface area contributed by atoms with E-state index in [4.69, 9.17) is 9.97 Å². The molecule has 3 aliphatic rings. The minimum Gasteiger partial charge on any atom is -0.342 e. The molecule has 2 bridgehead atoms. The highest BCUT2D eigenvalue weighted by atomic mass is 16.2. The average molecular weight is 437 g/mol. The zero-order chi connectivity index (χ0) is 22.2. The van der Waals surface area contributed by atoms with E-state index >= 15 is 0 Å². The van der Waals surface area contributed by atoms with Crippen LogP contribution in [0.1, 0.15) is 37.3 Å². The summed E-state index contributed by atoms with van der Waals surface area (Å²) < 4.78 is 0. The van der Waals surface area contributed by atoms with Gasteiger partial charge in [-0.05, 0) is 55.2 Å². The largest absolute Gasteiger partial charge is 0.342 e. The Hall–Kier alpha value is -3.34. The molecular formula is C28H28N4O. The Morgan fingerprint density at radius 2 is 1.82 bits per heavy atom. The van der Waals surface area contributed by atoms with Gasteiger partial charge in [-0.15, -0.1) is 0 Å². The van der Waals surface area contributed by atoms with Crippen molar-refractivity contribution >= 4 is 5.91 Å². The minimum absolute atomic E-state index is 0.171. The molecule has 33 heavy (non-hydrogen) atoms. The van der Waals surface area contributed by atoms with E-state index in [0.29, 0.717) is 23.6 Å². The quantitative estimate of drug-likeness (QED) is 0.533. The molecule has 5 heteroatoms.